The second-order valence-electron chi connectivity index (χ2n) is 6.29. The Morgan fingerprint density at radius 3 is 2.22 bits per heavy atom. The van der Waals surface area contributed by atoms with Crippen molar-refractivity contribution in [3.05, 3.63) is 69.7 Å². The van der Waals surface area contributed by atoms with E-state index in [0.717, 1.165) is 4.47 Å². The SMILES string of the molecule is COC(=O)c1ccc(C(O)(CCO)C(O)CC(O)c2ccc(Br)cc2)cc1. The predicted molar refractivity (Wildman–Crippen MR) is 103 cm³/mol. The van der Waals surface area contributed by atoms with Crippen molar-refractivity contribution in [2.45, 2.75) is 30.7 Å². The van der Waals surface area contributed by atoms with Crippen LogP contribution >= 0.6 is 15.9 Å². The van der Waals surface area contributed by atoms with Crippen LogP contribution in [0.1, 0.15) is 40.4 Å². The molecule has 0 aliphatic carbocycles. The summed E-state index contributed by atoms with van der Waals surface area (Å²) in [5, 5.41) is 41.4. The van der Waals surface area contributed by atoms with Crippen molar-refractivity contribution < 1.29 is 30.0 Å². The Morgan fingerprint density at radius 1 is 1.11 bits per heavy atom. The molecule has 3 atom stereocenters. The lowest BCUT2D eigenvalue weighted by Gasteiger charge is -2.34. The van der Waals surface area contributed by atoms with Crippen LogP contribution in [0.15, 0.2) is 53.0 Å². The topological polar surface area (TPSA) is 107 Å². The number of carbonyl (C=O) groups is 1. The summed E-state index contributed by atoms with van der Waals surface area (Å²) < 4.78 is 5.50. The van der Waals surface area contributed by atoms with E-state index in [1.165, 1.54) is 31.4 Å². The molecule has 0 aliphatic heterocycles. The van der Waals surface area contributed by atoms with Crippen LogP contribution in [0, 0.1) is 0 Å². The van der Waals surface area contributed by atoms with Gasteiger partial charge in [0, 0.05) is 23.9 Å². The summed E-state index contributed by atoms with van der Waals surface area (Å²) in [5.74, 6) is -0.515. The molecule has 7 heteroatoms. The number of halogens is 1. The van der Waals surface area contributed by atoms with Crippen LogP contribution in [0.5, 0.6) is 0 Å². The second-order valence-corrected chi connectivity index (χ2v) is 7.20. The van der Waals surface area contributed by atoms with E-state index in [0.29, 0.717) is 16.7 Å². The van der Waals surface area contributed by atoms with Gasteiger partial charge in [-0.3, -0.25) is 0 Å². The van der Waals surface area contributed by atoms with E-state index in [1.54, 1.807) is 24.3 Å². The Labute approximate surface area is 166 Å². The Hall–Kier alpha value is -1.77. The zero-order chi connectivity index (χ0) is 20.0. The lowest BCUT2D eigenvalue weighted by atomic mass is 9.82. The van der Waals surface area contributed by atoms with Gasteiger partial charge < -0.3 is 25.2 Å². The molecule has 0 spiro atoms. The predicted octanol–water partition coefficient (Wildman–Crippen LogP) is 2.29. The molecule has 146 valence electrons. The fourth-order valence-corrected chi connectivity index (χ4v) is 3.18. The molecule has 2 rings (SSSR count). The van der Waals surface area contributed by atoms with E-state index in [-0.39, 0.29) is 19.4 Å². The van der Waals surface area contributed by atoms with E-state index in [9.17, 15) is 25.2 Å². The maximum Gasteiger partial charge on any atom is 0.337 e. The molecule has 4 N–H and O–H groups in total. The molecular weight excluding hydrogens is 416 g/mol. The normalized spacial score (nSPS) is 15.6. The molecule has 0 saturated heterocycles. The molecule has 0 radical (unpaired) electrons. The van der Waals surface area contributed by atoms with Crippen LogP contribution in [0.25, 0.3) is 0 Å². The summed E-state index contributed by atoms with van der Waals surface area (Å²) in [6, 6.07) is 12.9. The van der Waals surface area contributed by atoms with Crippen LogP contribution in [0.4, 0.5) is 0 Å². The van der Waals surface area contributed by atoms with E-state index >= 15 is 0 Å². The fraction of sp³-hybridized carbons (Fsp3) is 0.350. The van der Waals surface area contributed by atoms with Gasteiger partial charge in [-0.25, -0.2) is 4.79 Å². The van der Waals surface area contributed by atoms with E-state index in [4.69, 9.17) is 0 Å². The summed E-state index contributed by atoms with van der Waals surface area (Å²) in [5.41, 5.74) is -0.541. The molecular formula is C20H23BrO6. The number of benzene rings is 2. The number of methoxy groups -OCH3 is 1. The molecule has 0 aromatic heterocycles. The Kier molecular flexibility index (Phi) is 7.52. The molecule has 0 saturated carbocycles. The number of hydrogen-bond donors (Lipinski definition) is 4. The smallest absolute Gasteiger partial charge is 0.337 e. The molecule has 2 aromatic carbocycles. The van der Waals surface area contributed by atoms with Crippen LogP contribution in [0.3, 0.4) is 0 Å². The maximum atomic E-state index is 11.5. The van der Waals surface area contributed by atoms with Crippen LogP contribution in [-0.4, -0.2) is 46.2 Å². The average molecular weight is 439 g/mol. The summed E-state index contributed by atoms with van der Waals surface area (Å²) in [6.45, 7) is -0.360. The Morgan fingerprint density at radius 2 is 1.70 bits per heavy atom. The molecule has 6 nitrogen and oxygen atoms in total. The minimum absolute atomic E-state index is 0.126. The van der Waals surface area contributed by atoms with Crippen LogP contribution in [0.2, 0.25) is 0 Å². The van der Waals surface area contributed by atoms with Gasteiger partial charge in [-0.15, -0.1) is 0 Å². The van der Waals surface area contributed by atoms with E-state index < -0.39 is 23.8 Å². The summed E-state index contributed by atoms with van der Waals surface area (Å²) in [7, 11) is 1.27. The summed E-state index contributed by atoms with van der Waals surface area (Å²) in [6.07, 6.45) is -2.59. The Balaban J connectivity index is 2.22. The highest BCUT2D eigenvalue weighted by Gasteiger charge is 2.38. The Bertz CT molecular complexity index is 746. The third-order valence-corrected chi connectivity index (χ3v) is 5.08. The number of carbonyl (C=O) groups excluding carboxylic acids is 1. The first-order valence-electron chi connectivity index (χ1n) is 8.45. The quantitative estimate of drug-likeness (QED) is 0.471. The maximum absolute atomic E-state index is 11.5. The van der Waals surface area contributed by atoms with Gasteiger partial charge in [-0.05, 0) is 35.4 Å². The van der Waals surface area contributed by atoms with Crippen molar-refractivity contribution in [1.29, 1.82) is 0 Å². The lowest BCUT2D eigenvalue weighted by Crippen LogP contribution is -2.41. The molecule has 0 heterocycles. The first kappa shape index (κ1) is 21.5. The number of aliphatic hydroxyl groups excluding tert-OH is 3. The molecule has 3 unspecified atom stereocenters. The number of esters is 1. The van der Waals surface area contributed by atoms with Crippen molar-refractivity contribution in [3.63, 3.8) is 0 Å². The first-order valence-corrected chi connectivity index (χ1v) is 9.24. The van der Waals surface area contributed by atoms with Crippen molar-refractivity contribution in [1.82, 2.24) is 0 Å². The van der Waals surface area contributed by atoms with Crippen molar-refractivity contribution >= 4 is 21.9 Å². The number of ether oxygens (including phenoxy) is 1. The van der Waals surface area contributed by atoms with Gasteiger partial charge in [0.1, 0.15) is 5.60 Å². The minimum Gasteiger partial charge on any atom is -0.465 e. The highest BCUT2D eigenvalue weighted by Crippen LogP contribution is 2.34. The van der Waals surface area contributed by atoms with Gasteiger partial charge in [0.15, 0.2) is 0 Å². The van der Waals surface area contributed by atoms with Gasteiger partial charge in [-0.2, -0.15) is 0 Å². The first-order chi connectivity index (χ1) is 12.8. The minimum atomic E-state index is -1.78. The van der Waals surface area contributed by atoms with Crippen LogP contribution < -0.4 is 0 Å². The third kappa shape index (κ3) is 5.15. The van der Waals surface area contributed by atoms with Crippen molar-refractivity contribution in [2.75, 3.05) is 13.7 Å². The monoisotopic (exact) mass is 438 g/mol. The zero-order valence-corrected chi connectivity index (χ0v) is 16.5. The number of hydrogen-bond acceptors (Lipinski definition) is 6. The van der Waals surface area contributed by atoms with Gasteiger partial charge >= 0.3 is 5.97 Å². The average Bonchev–Trinajstić information content (AvgIpc) is 2.68. The van der Waals surface area contributed by atoms with Crippen molar-refractivity contribution in [2.24, 2.45) is 0 Å². The molecule has 0 fully saturated rings. The van der Waals surface area contributed by atoms with Gasteiger partial charge in [-0.1, -0.05) is 40.2 Å². The van der Waals surface area contributed by atoms with Gasteiger partial charge in [0.05, 0.1) is 24.9 Å². The molecule has 0 aliphatic rings. The van der Waals surface area contributed by atoms with E-state index in [2.05, 4.69) is 20.7 Å². The second kappa shape index (κ2) is 9.43. The third-order valence-electron chi connectivity index (χ3n) is 4.55. The molecule has 2 aromatic rings. The number of rotatable bonds is 8. The van der Waals surface area contributed by atoms with Crippen LogP contribution in [-0.2, 0) is 10.3 Å². The highest BCUT2D eigenvalue weighted by atomic mass is 79.9. The molecule has 0 bridgehead atoms. The highest BCUT2D eigenvalue weighted by molar-refractivity contribution is 9.10. The lowest BCUT2D eigenvalue weighted by molar-refractivity contribution is -0.108. The summed E-state index contributed by atoms with van der Waals surface area (Å²) >= 11 is 3.32. The zero-order valence-electron chi connectivity index (χ0n) is 14.9. The fourth-order valence-electron chi connectivity index (χ4n) is 2.91. The standard InChI is InChI=1S/C20H23BrO6/c1-27-19(25)14-2-6-15(7-3-14)20(26,10-11-22)18(24)12-17(23)13-4-8-16(21)9-5-13/h2-9,17-18,22-24,26H,10-12H2,1H3. The summed E-state index contributed by atoms with van der Waals surface area (Å²) in [4.78, 5) is 11.5. The van der Waals surface area contributed by atoms with Gasteiger partial charge in [0.25, 0.3) is 0 Å². The largest absolute Gasteiger partial charge is 0.465 e. The van der Waals surface area contributed by atoms with Crippen molar-refractivity contribution in [3.8, 4) is 0 Å². The van der Waals surface area contributed by atoms with E-state index in [1.807, 2.05) is 0 Å². The number of aliphatic hydroxyl groups is 4. The molecule has 0 amide bonds. The van der Waals surface area contributed by atoms with Gasteiger partial charge in [0.2, 0.25) is 0 Å². The molecule has 27 heavy (non-hydrogen) atoms.